The summed E-state index contributed by atoms with van der Waals surface area (Å²) in [5.74, 6) is 0. The summed E-state index contributed by atoms with van der Waals surface area (Å²) in [4.78, 5) is 0. The van der Waals surface area contributed by atoms with E-state index in [2.05, 4.69) is 0 Å². The van der Waals surface area contributed by atoms with E-state index in [-0.39, 0.29) is 0 Å². The van der Waals surface area contributed by atoms with E-state index in [1.165, 1.54) is 0 Å². The summed E-state index contributed by atoms with van der Waals surface area (Å²) >= 11 is 0. The maximum Gasteiger partial charge on any atom is 0.187 e. The van der Waals surface area contributed by atoms with Crippen LogP contribution in [0.5, 0.6) is 0 Å². The number of nitrogens with two attached hydrogens (primary N) is 1. The van der Waals surface area contributed by atoms with Crippen LogP contribution in [0.3, 0.4) is 0 Å². The summed E-state index contributed by atoms with van der Waals surface area (Å²) in [6, 6.07) is 0. The van der Waals surface area contributed by atoms with Crippen LogP contribution < -0.4 is 5.73 Å². The Morgan fingerprint density at radius 1 is 0.706 bits per heavy atom. The van der Waals surface area contributed by atoms with Gasteiger partial charge in [-0.25, -0.2) is 0 Å². The minimum absolute atomic E-state index is 0.461. The highest BCUT2D eigenvalue weighted by Gasteiger charge is 2.51. The molecule has 0 aromatic carbocycles. The number of hydrogen-bond acceptors (Lipinski definition) is 16. The topological polar surface area (TPSA) is 285 Å². The smallest absolute Gasteiger partial charge is 0.187 e. The highest BCUT2D eigenvalue weighted by atomic mass is 16.7. The minimum Gasteiger partial charge on any atom is -0.394 e. The summed E-state index contributed by atoms with van der Waals surface area (Å²) in [6.45, 7) is -2.94. The molecule has 0 bridgehead atoms. The van der Waals surface area contributed by atoms with Gasteiger partial charge < -0.3 is 80.9 Å². The average molecular weight is 505 g/mol. The quantitative estimate of drug-likeness (QED) is 0.124. The summed E-state index contributed by atoms with van der Waals surface area (Å²) in [6.07, 6.45) is -23.9. The third kappa shape index (κ3) is 6.37. The molecule has 13 N–H and O–H groups in total. The molecule has 2 saturated heterocycles. The molecular formula is C18H35NO15. The number of rotatable bonds is 11. The molecule has 2 rings (SSSR count). The van der Waals surface area contributed by atoms with Crippen molar-refractivity contribution in [1.82, 2.24) is 0 Å². The molecule has 0 amide bonds. The summed E-state index contributed by atoms with van der Waals surface area (Å²) < 4.78 is 21.3. The number of hydrogen-bond donors (Lipinski definition) is 12. The molecule has 0 aromatic heterocycles. The zero-order valence-electron chi connectivity index (χ0n) is 18.0. The van der Waals surface area contributed by atoms with E-state index in [1.807, 2.05) is 0 Å². The van der Waals surface area contributed by atoms with Crippen LogP contribution in [-0.2, 0) is 18.9 Å². The van der Waals surface area contributed by atoms with Gasteiger partial charge in [-0.15, -0.1) is 0 Å². The molecular weight excluding hydrogens is 470 g/mol. The average Bonchev–Trinajstić information content (AvgIpc) is 2.84. The van der Waals surface area contributed by atoms with Crippen LogP contribution in [0.4, 0.5) is 0 Å². The molecule has 2 fully saturated rings. The maximum absolute atomic E-state index is 10.6. The number of aliphatic hydroxyl groups excluding tert-OH is 11. The second-order valence-corrected chi connectivity index (χ2v) is 8.15. The number of ether oxygens (including phenoxy) is 4. The highest BCUT2D eigenvalue weighted by molar-refractivity contribution is 4.95. The van der Waals surface area contributed by atoms with Crippen LogP contribution >= 0.6 is 0 Å². The van der Waals surface area contributed by atoms with Crippen molar-refractivity contribution in [1.29, 1.82) is 0 Å². The van der Waals surface area contributed by atoms with Crippen molar-refractivity contribution in [3.63, 3.8) is 0 Å². The third-order valence-electron chi connectivity index (χ3n) is 5.79. The van der Waals surface area contributed by atoms with Crippen LogP contribution in [0.2, 0.25) is 0 Å². The molecule has 0 spiro atoms. The van der Waals surface area contributed by atoms with Crippen molar-refractivity contribution in [2.45, 2.75) is 85.8 Å². The lowest BCUT2D eigenvalue weighted by Gasteiger charge is -2.46. The van der Waals surface area contributed by atoms with E-state index in [0.29, 0.717) is 0 Å². The van der Waals surface area contributed by atoms with Gasteiger partial charge in [0.05, 0.1) is 25.9 Å². The fraction of sp³-hybridized carbons (Fsp3) is 1.00. The monoisotopic (exact) mass is 505 g/mol. The van der Waals surface area contributed by atoms with Crippen molar-refractivity contribution >= 4 is 0 Å². The van der Waals surface area contributed by atoms with Crippen molar-refractivity contribution in [3.05, 3.63) is 0 Å². The van der Waals surface area contributed by atoms with E-state index in [9.17, 15) is 51.1 Å². The fourth-order valence-corrected chi connectivity index (χ4v) is 3.68. The molecule has 16 heteroatoms. The standard InChI is InChI=1S/C18H35NO15/c19-1-5(23)15(9(25)6(24)2-20)33-18-14(30)12(28)16(8(4-22)32-18)34-17-13(29)11(27)10(26)7(3-21)31-17/h5-18,20-30H,1-4,19H2/t5-,6+,7-,8-,9-,10-,11+,12-,13-,14-,15-,16-,17-,18-/m1/s1. The highest BCUT2D eigenvalue weighted by Crippen LogP contribution is 2.30. The zero-order valence-corrected chi connectivity index (χ0v) is 18.0. The molecule has 202 valence electrons. The van der Waals surface area contributed by atoms with Crippen molar-refractivity contribution in [2.24, 2.45) is 5.73 Å². The summed E-state index contributed by atoms with van der Waals surface area (Å²) in [5, 5.41) is 109. The van der Waals surface area contributed by atoms with Gasteiger partial charge in [-0.2, -0.15) is 0 Å². The van der Waals surface area contributed by atoms with Gasteiger partial charge in [0, 0.05) is 6.54 Å². The molecule has 0 aromatic rings. The van der Waals surface area contributed by atoms with Gasteiger partial charge in [-0.1, -0.05) is 0 Å². The Morgan fingerprint density at radius 2 is 1.26 bits per heavy atom. The maximum atomic E-state index is 10.6. The Hall–Kier alpha value is -0.640. The Balaban J connectivity index is 2.17. The Morgan fingerprint density at radius 3 is 1.79 bits per heavy atom. The second kappa shape index (κ2) is 13.1. The Kier molecular flexibility index (Phi) is 11.4. The SMILES string of the molecule is NC[C@@H](O)[C@@H](O[C@H]1O[C@H](CO)[C@@H](O[C@H]2O[C@H](CO)[C@@H](O)[C@H](O)[C@H]2O)[C@H](O)[C@H]1O)[C@H](O)[C@@H](O)CO. The minimum atomic E-state index is -1.94. The number of aliphatic hydroxyl groups is 11. The first-order valence-corrected chi connectivity index (χ1v) is 10.6. The second-order valence-electron chi connectivity index (χ2n) is 8.15. The molecule has 0 saturated carbocycles. The van der Waals surface area contributed by atoms with Gasteiger partial charge >= 0.3 is 0 Å². The summed E-state index contributed by atoms with van der Waals surface area (Å²) in [5.41, 5.74) is 5.36. The van der Waals surface area contributed by atoms with E-state index >= 15 is 0 Å². The van der Waals surface area contributed by atoms with E-state index in [1.54, 1.807) is 0 Å². The van der Waals surface area contributed by atoms with Crippen LogP contribution in [0, 0.1) is 0 Å². The van der Waals surface area contributed by atoms with Crippen molar-refractivity contribution in [2.75, 3.05) is 26.4 Å². The zero-order chi connectivity index (χ0) is 25.7. The lowest BCUT2D eigenvalue weighted by Crippen LogP contribution is -2.65. The largest absolute Gasteiger partial charge is 0.394 e. The van der Waals surface area contributed by atoms with Gasteiger partial charge in [0.25, 0.3) is 0 Å². The predicted octanol–water partition coefficient (Wildman–Crippen LogP) is -7.97. The van der Waals surface area contributed by atoms with Crippen LogP contribution in [0.15, 0.2) is 0 Å². The van der Waals surface area contributed by atoms with E-state index in [4.69, 9.17) is 29.8 Å². The van der Waals surface area contributed by atoms with E-state index < -0.39 is 112 Å². The van der Waals surface area contributed by atoms with Gasteiger partial charge in [-0.3, -0.25) is 0 Å². The first kappa shape index (κ1) is 29.6. The normalized spacial score (nSPS) is 42.7. The molecule has 2 aliphatic heterocycles. The Bertz CT molecular complexity index is 600. The van der Waals surface area contributed by atoms with Crippen molar-refractivity contribution < 1.29 is 75.1 Å². The van der Waals surface area contributed by atoms with Crippen molar-refractivity contribution in [3.8, 4) is 0 Å². The molecule has 16 nitrogen and oxygen atoms in total. The lowest BCUT2D eigenvalue weighted by molar-refractivity contribution is -0.367. The van der Waals surface area contributed by atoms with Crippen LogP contribution in [0.1, 0.15) is 0 Å². The van der Waals surface area contributed by atoms with Gasteiger partial charge in [0.2, 0.25) is 0 Å². The molecule has 34 heavy (non-hydrogen) atoms. The third-order valence-corrected chi connectivity index (χ3v) is 5.79. The van der Waals surface area contributed by atoms with Gasteiger partial charge in [-0.05, 0) is 0 Å². The summed E-state index contributed by atoms with van der Waals surface area (Å²) in [7, 11) is 0. The molecule has 14 atom stereocenters. The van der Waals surface area contributed by atoms with Gasteiger partial charge in [0.1, 0.15) is 67.1 Å². The predicted molar refractivity (Wildman–Crippen MR) is 105 cm³/mol. The van der Waals surface area contributed by atoms with E-state index in [0.717, 1.165) is 0 Å². The molecule has 2 aliphatic rings. The fourth-order valence-electron chi connectivity index (χ4n) is 3.68. The van der Waals surface area contributed by atoms with Crippen LogP contribution in [0.25, 0.3) is 0 Å². The van der Waals surface area contributed by atoms with Crippen LogP contribution in [-0.4, -0.2) is 168 Å². The molecule has 0 radical (unpaired) electrons. The van der Waals surface area contributed by atoms with Gasteiger partial charge in [0.15, 0.2) is 12.6 Å². The Labute approximate surface area is 193 Å². The first-order valence-electron chi connectivity index (χ1n) is 10.6. The molecule has 2 heterocycles. The molecule has 0 unspecified atom stereocenters. The molecule has 0 aliphatic carbocycles. The lowest BCUT2D eigenvalue weighted by atomic mass is 9.96. The first-order chi connectivity index (χ1) is 16.0.